The van der Waals surface area contributed by atoms with Gasteiger partial charge in [0.15, 0.2) is 0 Å². The van der Waals surface area contributed by atoms with Gasteiger partial charge in [0, 0.05) is 38.3 Å². The standard InChI is InChI=1S/C19H26N4O2/c1-22(12-16-4-2-3-9-20-16)18(24)17-13-5-6-14(17)11-23(10-13)19(25)21-15-7-8-15/h2-4,9,13-15,17H,5-8,10-12H2,1H3,(H,21,25). The lowest BCUT2D eigenvalue weighted by atomic mass is 9.84. The van der Waals surface area contributed by atoms with Crippen LogP contribution in [0.4, 0.5) is 4.79 Å². The molecule has 2 unspecified atom stereocenters. The van der Waals surface area contributed by atoms with E-state index in [2.05, 4.69) is 10.3 Å². The monoisotopic (exact) mass is 342 g/mol. The molecule has 2 bridgehead atoms. The second kappa shape index (κ2) is 6.65. The average molecular weight is 342 g/mol. The zero-order chi connectivity index (χ0) is 17.4. The van der Waals surface area contributed by atoms with E-state index in [0.29, 0.717) is 37.5 Å². The van der Waals surface area contributed by atoms with Gasteiger partial charge in [0.2, 0.25) is 5.91 Å². The summed E-state index contributed by atoms with van der Waals surface area (Å²) in [4.78, 5) is 33.4. The highest BCUT2D eigenvalue weighted by atomic mass is 16.2. The van der Waals surface area contributed by atoms with Crippen LogP contribution in [0.5, 0.6) is 0 Å². The van der Waals surface area contributed by atoms with E-state index in [1.165, 1.54) is 0 Å². The highest BCUT2D eigenvalue weighted by Crippen LogP contribution is 2.43. The number of amides is 3. The van der Waals surface area contributed by atoms with Crippen molar-refractivity contribution in [2.45, 2.75) is 38.3 Å². The molecule has 2 aliphatic carbocycles. The third kappa shape index (κ3) is 3.48. The molecule has 0 aromatic carbocycles. The summed E-state index contributed by atoms with van der Waals surface area (Å²) in [5.74, 6) is 0.851. The lowest BCUT2D eigenvalue weighted by Gasteiger charge is -2.38. The number of fused-ring (bicyclic) bond motifs is 2. The lowest BCUT2D eigenvalue weighted by Crippen LogP contribution is -2.52. The minimum atomic E-state index is 0.0543. The Bertz CT molecular complexity index is 632. The predicted molar refractivity (Wildman–Crippen MR) is 93.5 cm³/mol. The Morgan fingerprint density at radius 2 is 1.92 bits per heavy atom. The normalized spacial score (nSPS) is 27.9. The molecule has 0 spiro atoms. The number of pyridine rings is 1. The maximum Gasteiger partial charge on any atom is 0.317 e. The Morgan fingerprint density at radius 1 is 1.20 bits per heavy atom. The predicted octanol–water partition coefficient (Wildman–Crippen LogP) is 1.87. The summed E-state index contributed by atoms with van der Waals surface area (Å²) in [6, 6.07) is 6.22. The van der Waals surface area contributed by atoms with Crippen LogP contribution in [0, 0.1) is 17.8 Å². The van der Waals surface area contributed by atoms with Gasteiger partial charge in [-0.3, -0.25) is 9.78 Å². The Hall–Kier alpha value is -2.11. The molecule has 2 atom stereocenters. The lowest BCUT2D eigenvalue weighted by molar-refractivity contribution is -0.139. The number of nitrogens with one attached hydrogen (secondary N) is 1. The van der Waals surface area contributed by atoms with Crippen LogP contribution in [0.15, 0.2) is 24.4 Å². The van der Waals surface area contributed by atoms with Gasteiger partial charge in [-0.1, -0.05) is 6.07 Å². The zero-order valence-corrected chi connectivity index (χ0v) is 14.7. The third-order valence-corrected chi connectivity index (χ3v) is 5.81. The Morgan fingerprint density at radius 3 is 2.52 bits per heavy atom. The summed E-state index contributed by atoms with van der Waals surface area (Å²) in [5.41, 5.74) is 0.909. The van der Waals surface area contributed by atoms with Crippen molar-refractivity contribution in [1.29, 1.82) is 0 Å². The first kappa shape index (κ1) is 16.4. The molecule has 1 aromatic rings. The maximum atomic E-state index is 13.0. The summed E-state index contributed by atoms with van der Waals surface area (Å²) in [6.45, 7) is 1.97. The first-order chi connectivity index (χ1) is 12.1. The maximum absolute atomic E-state index is 13.0. The van der Waals surface area contributed by atoms with Crippen molar-refractivity contribution in [3.63, 3.8) is 0 Å². The second-order valence-electron chi connectivity index (χ2n) is 7.77. The molecule has 1 N–H and O–H groups in total. The van der Waals surface area contributed by atoms with Crippen LogP contribution in [0.3, 0.4) is 0 Å². The number of likely N-dealkylation sites (tertiary alicyclic amines) is 1. The van der Waals surface area contributed by atoms with Gasteiger partial charge in [-0.25, -0.2) is 4.79 Å². The SMILES string of the molecule is CN(Cc1ccccn1)C(=O)C1C2CCC1CN(C(=O)NC1CC1)C2. The molecule has 3 fully saturated rings. The van der Waals surface area contributed by atoms with Gasteiger partial charge in [-0.2, -0.15) is 0 Å². The molecule has 3 amide bonds. The van der Waals surface area contributed by atoms with Gasteiger partial charge >= 0.3 is 6.03 Å². The number of piperidine rings is 1. The number of carbonyl (C=O) groups excluding carboxylic acids is 2. The van der Waals surface area contributed by atoms with Crippen LogP contribution in [0.25, 0.3) is 0 Å². The van der Waals surface area contributed by atoms with E-state index in [9.17, 15) is 9.59 Å². The van der Waals surface area contributed by atoms with Crippen LogP contribution in [0.2, 0.25) is 0 Å². The second-order valence-corrected chi connectivity index (χ2v) is 7.77. The van der Waals surface area contributed by atoms with Crippen LogP contribution in [-0.2, 0) is 11.3 Å². The third-order valence-electron chi connectivity index (χ3n) is 5.81. The fourth-order valence-corrected chi connectivity index (χ4v) is 4.35. The summed E-state index contributed by atoms with van der Waals surface area (Å²) in [5, 5.41) is 3.08. The van der Waals surface area contributed by atoms with Crippen LogP contribution < -0.4 is 5.32 Å². The van der Waals surface area contributed by atoms with Gasteiger partial charge in [0.25, 0.3) is 0 Å². The topological polar surface area (TPSA) is 65.5 Å². The molecule has 134 valence electrons. The number of hydrogen-bond donors (Lipinski definition) is 1. The van der Waals surface area contributed by atoms with Gasteiger partial charge in [0.1, 0.15) is 0 Å². The van der Waals surface area contributed by atoms with E-state index in [0.717, 1.165) is 31.4 Å². The van der Waals surface area contributed by atoms with E-state index in [-0.39, 0.29) is 17.9 Å². The number of carbonyl (C=O) groups is 2. The van der Waals surface area contributed by atoms with E-state index in [1.807, 2.05) is 30.1 Å². The highest BCUT2D eigenvalue weighted by Gasteiger charge is 2.47. The van der Waals surface area contributed by atoms with Crippen molar-refractivity contribution in [1.82, 2.24) is 20.1 Å². The van der Waals surface area contributed by atoms with Gasteiger partial charge in [-0.05, 0) is 49.7 Å². The summed E-state index contributed by atoms with van der Waals surface area (Å²) >= 11 is 0. The summed E-state index contributed by atoms with van der Waals surface area (Å²) < 4.78 is 0. The molecule has 1 aromatic heterocycles. The molecule has 1 saturated heterocycles. The van der Waals surface area contributed by atoms with Crippen molar-refractivity contribution in [2.75, 3.05) is 20.1 Å². The fraction of sp³-hybridized carbons (Fsp3) is 0.632. The fourth-order valence-electron chi connectivity index (χ4n) is 4.35. The number of urea groups is 1. The van der Waals surface area contributed by atoms with Gasteiger partial charge in [0.05, 0.1) is 12.2 Å². The number of nitrogens with zero attached hydrogens (tertiary/aromatic N) is 3. The summed E-state index contributed by atoms with van der Waals surface area (Å²) in [6.07, 6.45) is 6.06. The minimum absolute atomic E-state index is 0.0543. The molecule has 6 nitrogen and oxygen atoms in total. The van der Waals surface area contributed by atoms with E-state index in [4.69, 9.17) is 0 Å². The number of rotatable bonds is 4. The first-order valence-corrected chi connectivity index (χ1v) is 9.32. The van der Waals surface area contributed by atoms with Crippen molar-refractivity contribution in [3.05, 3.63) is 30.1 Å². The molecule has 2 saturated carbocycles. The quantitative estimate of drug-likeness (QED) is 0.908. The van der Waals surface area contributed by atoms with Crippen molar-refractivity contribution < 1.29 is 9.59 Å². The minimum Gasteiger partial charge on any atom is -0.340 e. The largest absolute Gasteiger partial charge is 0.340 e. The molecule has 3 aliphatic rings. The smallest absolute Gasteiger partial charge is 0.317 e. The molecule has 4 rings (SSSR count). The van der Waals surface area contributed by atoms with Crippen LogP contribution >= 0.6 is 0 Å². The van der Waals surface area contributed by atoms with Gasteiger partial charge in [-0.15, -0.1) is 0 Å². The molecule has 25 heavy (non-hydrogen) atoms. The Balaban J connectivity index is 1.38. The highest BCUT2D eigenvalue weighted by molar-refractivity contribution is 5.81. The van der Waals surface area contributed by atoms with E-state index >= 15 is 0 Å². The van der Waals surface area contributed by atoms with Crippen LogP contribution in [0.1, 0.15) is 31.4 Å². The van der Waals surface area contributed by atoms with E-state index < -0.39 is 0 Å². The molecular formula is C19H26N4O2. The molecule has 6 heteroatoms. The van der Waals surface area contributed by atoms with Crippen molar-refractivity contribution in [3.8, 4) is 0 Å². The number of aromatic nitrogens is 1. The van der Waals surface area contributed by atoms with Crippen molar-refractivity contribution >= 4 is 11.9 Å². The van der Waals surface area contributed by atoms with Crippen LogP contribution in [-0.4, -0.2) is 52.9 Å². The average Bonchev–Trinajstić information content (AvgIpc) is 3.39. The summed E-state index contributed by atoms with van der Waals surface area (Å²) in [7, 11) is 1.86. The molecule has 1 aliphatic heterocycles. The zero-order valence-electron chi connectivity index (χ0n) is 14.7. The number of hydrogen-bond acceptors (Lipinski definition) is 3. The molecule has 0 radical (unpaired) electrons. The van der Waals surface area contributed by atoms with Crippen molar-refractivity contribution in [2.24, 2.45) is 17.8 Å². The first-order valence-electron chi connectivity index (χ1n) is 9.32. The Kier molecular flexibility index (Phi) is 4.36. The molecular weight excluding hydrogens is 316 g/mol. The van der Waals surface area contributed by atoms with Gasteiger partial charge < -0.3 is 15.1 Å². The Labute approximate surface area is 148 Å². The van der Waals surface area contributed by atoms with E-state index in [1.54, 1.807) is 11.1 Å². The molecule has 2 heterocycles.